The van der Waals surface area contributed by atoms with E-state index in [2.05, 4.69) is 65.2 Å². The minimum Gasteiger partial charge on any atom is -0.313 e. The van der Waals surface area contributed by atoms with Crippen LogP contribution in [0.3, 0.4) is 0 Å². The average Bonchev–Trinajstić information content (AvgIpc) is 3.33. The van der Waals surface area contributed by atoms with Crippen molar-refractivity contribution in [2.75, 3.05) is 13.1 Å². The zero-order valence-electron chi connectivity index (χ0n) is 11.8. The summed E-state index contributed by atoms with van der Waals surface area (Å²) in [6.07, 6.45) is 2.72. The largest absolute Gasteiger partial charge is 0.313 e. The summed E-state index contributed by atoms with van der Waals surface area (Å²) in [7, 11) is 0. The quantitative estimate of drug-likeness (QED) is 0.752. The van der Waals surface area contributed by atoms with Gasteiger partial charge < -0.3 is 10.6 Å². The van der Waals surface area contributed by atoms with Crippen LogP contribution in [0, 0.1) is 0 Å². The number of benzene rings is 2. The molecule has 1 aliphatic carbocycles. The highest BCUT2D eigenvalue weighted by atomic mass is 15.0. The Hall–Kier alpha value is -1.64. The Bertz CT molecular complexity index is 515. The molecular formula is C18H22N2. The van der Waals surface area contributed by atoms with Crippen LogP contribution in [0.4, 0.5) is 0 Å². The molecule has 0 aliphatic heterocycles. The van der Waals surface area contributed by atoms with Gasteiger partial charge in [0.1, 0.15) is 0 Å². The SMILES string of the molecule is c1ccc(-c2ccc(CNCCNC3CC3)cc2)cc1. The molecule has 2 heteroatoms. The first-order chi connectivity index (χ1) is 9.92. The average molecular weight is 266 g/mol. The van der Waals surface area contributed by atoms with E-state index in [4.69, 9.17) is 0 Å². The highest BCUT2D eigenvalue weighted by Crippen LogP contribution is 2.19. The van der Waals surface area contributed by atoms with E-state index in [9.17, 15) is 0 Å². The molecule has 2 N–H and O–H groups in total. The van der Waals surface area contributed by atoms with Gasteiger partial charge in [0.15, 0.2) is 0 Å². The van der Waals surface area contributed by atoms with Gasteiger partial charge in [0.2, 0.25) is 0 Å². The molecule has 1 aliphatic rings. The minimum absolute atomic E-state index is 0.807. The molecule has 0 amide bonds. The molecule has 1 fully saturated rings. The Morgan fingerprint density at radius 1 is 0.800 bits per heavy atom. The standard InChI is InChI=1S/C18H22N2/c1-2-4-16(5-3-1)17-8-6-15(7-9-17)14-19-12-13-20-18-10-11-18/h1-9,18-20H,10-14H2. The first kappa shape index (κ1) is 13.3. The number of nitrogens with one attached hydrogen (secondary N) is 2. The zero-order chi connectivity index (χ0) is 13.6. The van der Waals surface area contributed by atoms with Crippen molar-refractivity contribution in [1.29, 1.82) is 0 Å². The van der Waals surface area contributed by atoms with Gasteiger partial charge in [-0.15, -0.1) is 0 Å². The predicted octanol–water partition coefficient (Wildman–Crippen LogP) is 3.20. The maximum Gasteiger partial charge on any atom is 0.0206 e. The van der Waals surface area contributed by atoms with Gasteiger partial charge in [0.05, 0.1) is 0 Å². The van der Waals surface area contributed by atoms with Crippen molar-refractivity contribution in [3.8, 4) is 11.1 Å². The molecule has 2 aromatic rings. The molecule has 0 heterocycles. The molecule has 2 aromatic carbocycles. The van der Waals surface area contributed by atoms with Crippen molar-refractivity contribution in [3.05, 3.63) is 60.2 Å². The van der Waals surface area contributed by atoms with Crippen LogP contribution in [0.5, 0.6) is 0 Å². The lowest BCUT2D eigenvalue weighted by Gasteiger charge is -2.07. The van der Waals surface area contributed by atoms with E-state index in [1.54, 1.807) is 0 Å². The normalized spacial score (nSPS) is 14.4. The Labute approximate surface area is 121 Å². The summed E-state index contributed by atoms with van der Waals surface area (Å²) in [4.78, 5) is 0. The van der Waals surface area contributed by atoms with Gasteiger partial charge in [0, 0.05) is 25.7 Å². The highest BCUT2D eigenvalue weighted by Gasteiger charge is 2.19. The van der Waals surface area contributed by atoms with Crippen LogP contribution < -0.4 is 10.6 Å². The molecule has 0 unspecified atom stereocenters. The Morgan fingerprint density at radius 3 is 2.20 bits per heavy atom. The predicted molar refractivity (Wildman–Crippen MR) is 84.6 cm³/mol. The van der Waals surface area contributed by atoms with Crippen molar-refractivity contribution in [2.24, 2.45) is 0 Å². The third kappa shape index (κ3) is 3.92. The fourth-order valence-corrected chi connectivity index (χ4v) is 2.33. The molecule has 1 saturated carbocycles. The second-order valence-corrected chi connectivity index (χ2v) is 5.47. The van der Waals surface area contributed by atoms with Gasteiger partial charge in [-0.25, -0.2) is 0 Å². The molecule has 2 nitrogen and oxygen atoms in total. The molecule has 3 rings (SSSR count). The summed E-state index contributed by atoms with van der Waals surface area (Å²) in [5, 5.41) is 6.99. The van der Waals surface area contributed by atoms with Crippen molar-refractivity contribution < 1.29 is 0 Å². The number of hydrogen-bond acceptors (Lipinski definition) is 2. The lowest BCUT2D eigenvalue weighted by molar-refractivity contribution is 0.608. The molecule has 0 spiro atoms. The van der Waals surface area contributed by atoms with Crippen LogP contribution in [0.1, 0.15) is 18.4 Å². The minimum atomic E-state index is 0.807. The van der Waals surface area contributed by atoms with Crippen LogP contribution in [0.25, 0.3) is 11.1 Å². The maximum absolute atomic E-state index is 3.51. The maximum atomic E-state index is 3.51. The highest BCUT2D eigenvalue weighted by molar-refractivity contribution is 5.63. The fraction of sp³-hybridized carbons (Fsp3) is 0.333. The Morgan fingerprint density at radius 2 is 1.50 bits per heavy atom. The summed E-state index contributed by atoms with van der Waals surface area (Å²) >= 11 is 0. The molecule has 0 saturated heterocycles. The summed E-state index contributed by atoms with van der Waals surface area (Å²) in [5.74, 6) is 0. The monoisotopic (exact) mass is 266 g/mol. The third-order valence-electron chi connectivity index (χ3n) is 3.70. The lowest BCUT2D eigenvalue weighted by atomic mass is 10.0. The topological polar surface area (TPSA) is 24.1 Å². The molecule has 0 radical (unpaired) electrons. The molecule has 20 heavy (non-hydrogen) atoms. The number of rotatable bonds is 7. The van der Waals surface area contributed by atoms with Gasteiger partial charge in [-0.1, -0.05) is 54.6 Å². The smallest absolute Gasteiger partial charge is 0.0206 e. The van der Waals surface area contributed by atoms with E-state index < -0.39 is 0 Å². The fourth-order valence-electron chi connectivity index (χ4n) is 2.33. The van der Waals surface area contributed by atoms with Crippen molar-refractivity contribution in [2.45, 2.75) is 25.4 Å². The van der Waals surface area contributed by atoms with Crippen LogP contribution in [-0.2, 0) is 6.54 Å². The molecule has 0 aromatic heterocycles. The first-order valence-electron chi connectivity index (χ1n) is 7.50. The van der Waals surface area contributed by atoms with Gasteiger partial charge in [-0.3, -0.25) is 0 Å². The van der Waals surface area contributed by atoms with Crippen molar-refractivity contribution >= 4 is 0 Å². The van der Waals surface area contributed by atoms with E-state index >= 15 is 0 Å². The molecule has 104 valence electrons. The van der Waals surface area contributed by atoms with Crippen LogP contribution >= 0.6 is 0 Å². The second kappa shape index (κ2) is 6.69. The van der Waals surface area contributed by atoms with E-state index in [-0.39, 0.29) is 0 Å². The lowest BCUT2D eigenvalue weighted by Crippen LogP contribution is -2.28. The second-order valence-electron chi connectivity index (χ2n) is 5.47. The summed E-state index contributed by atoms with van der Waals surface area (Å²) < 4.78 is 0. The molecule has 0 bridgehead atoms. The van der Waals surface area contributed by atoms with E-state index in [1.165, 1.54) is 29.5 Å². The third-order valence-corrected chi connectivity index (χ3v) is 3.70. The summed E-state index contributed by atoms with van der Waals surface area (Å²) in [5.41, 5.74) is 3.90. The number of hydrogen-bond donors (Lipinski definition) is 2. The zero-order valence-corrected chi connectivity index (χ0v) is 11.8. The van der Waals surface area contributed by atoms with Gasteiger partial charge in [-0.05, 0) is 29.5 Å². The molecule has 0 atom stereocenters. The van der Waals surface area contributed by atoms with E-state index in [0.717, 1.165) is 25.7 Å². The first-order valence-corrected chi connectivity index (χ1v) is 7.50. The van der Waals surface area contributed by atoms with Crippen LogP contribution in [0.2, 0.25) is 0 Å². The van der Waals surface area contributed by atoms with Gasteiger partial charge >= 0.3 is 0 Å². The van der Waals surface area contributed by atoms with Crippen molar-refractivity contribution in [3.63, 3.8) is 0 Å². The van der Waals surface area contributed by atoms with Gasteiger partial charge in [0.25, 0.3) is 0 Å². The van der Waals surface area contributed by atoms with Crippen LogP contribution in [-0.4, -0.2) is 19.1 Å². The van der Waals surface area contributed by atoms with E-state index in [0.29, 0.717) is 0 Å². The van der Waals surface area contributed by atoms with Crippen LogP contribution in [0.15, 0.2) is 54.6 Å². The van der Waals surface area contributed by atoms with Crippen molar-refractivity contribution in [1.82, 2.24) is 10.6 Å². The Kier molecular flexibility index (Phi) is 4.46. The summed E-state index contributed by atoms with van der Waals surface area (Å²) in [6.45, 7) is 3.06. The summed E-state index contributed by atoms with van der Waals surface area (Å²) in [6, 6.07) is 20.2. The molecular weight excluding hydrogens is 244 g/mol. The van der Waals surface area contributed by atoms with Gasteiger partial charge in [-0.2, -0.15) is 0 Å². The van der Waals surface area contributed by atoms with E-state index in [1.807, 2.05) is 0 Å². The Balaban J connectivity index is 1.46.